The van der Waals surface area contributed by atoms with Crippen molar-refractivity contribution in [2.24, 2.45) is 11.8 Å². The molecule has 1 aliphatic rings. The lowest BCUT2D eigenvalue weighted by Gasteiger charge is -2.42. The molecule has 6 heteroatoms. The van der Waals surface area contributed by atoms with Crippen LogP contribution in [-0.4, -0.2) is 32.8 Å². The molecular weight excluding hydrogens is 240 g/mol. The Hall–Kier alpha value is -1.85. The van der Waals surface area contributed by atoms with Gasteiger partial charge in [-0.15, -0.1) is 0 Å². The van der Waals surface area contributed by atoms with Gasteiger partial charge in [0.25, 0.3) is 0 Å². The van der Waals surface area contributed by atoms with Gasteiger partial charge in [-0.05, 0) is 25.2 Å². The summed E-state index contributed by atoms with van der Waals surface area (Å²) >= 11 is 0. The first kappa shape index (κ1) is 12.2. The van der Waals surface area contributed by atoms with E-state index in [1.54, 1.807) is 6.20 Å². The molecule has 2 aromatic heterocycles. The Morgan fingerprint density at radius 2 is 2.11 bits per heavy atom. The highest BCUT2D eigenvalue weighted by atomic mass is 15.3. The lowest BCUT2D eigenvalue weighted by molar-refractivity contribution is 0.296. The van der Waals surface area contributed by atoms with Gasteiger partial charge in [-0.2, -0.15) is 15.1 Å². The number of nitrogen functional groups attached to an aromatic ring is 1. The molecule has 0 amide bonds. The van der Waals surface area contributed by atoms with Gasteiger partial charge in [-0.1, -0.05) is 13.8 Å². The summed E-state index contributed by atoms with van der Waals surface area (Å²) in [4.78, 5) is 11.0. The molecule has 3 heterocycles. The standard InChI is InChI=1S/C13H20N6/c1-7-4-8(2)9(3)19(6-7)12-10-5-15-18-11(10)16-13(14)17-12/h5,7-9H,4,6H2,1-3H3,(H3,14,15,16,17,18). The maximum atomic E-state index is 5.81. The van der Waals surface area contributed by atoms with Gasteiger partial charge in [0.15, 0.2) is 5.65 Å². The molecule has 1 aliphatic heterocycles. The van der Waals surface area contributed by atoms with E-state index in [1.165, 1.54) is 6.42 Å². The highest BCUT2D eigenvalue weighted by molar-refractivity contribution is 5.87. The van der Waals surface area contributed by atoms with Gasteiger partial charge in [-0.25, -0.2) is 0 Å². The quantitative estimate of drug-likeness (QED) is 0.817. The zero-order valence-electron chi connectivity index (χ0n) is 11.6. The summed E-state index contributed by atoms with van der Waals surface area (Å²) in [7, 11) is 0. The molecule has 0 aliphatic carbocycles. The van der Waals surface area contributed by atoms with Crippen LogP contribution in [0, 0.1) is 11.8 Å². The molecule has 3 N–H and O–H groups in total. The van der Waals surface area contributed by atoms with Crippen molar-refractivity contribution in [3.8, 4) is 0 Å². The zero-order valence-corrected chi connectivity index (χ0v) is 11.6. The minimum atomic E-state index is 0.296. The number of hydrogen-bond acceptors (Lipinski definition) is 5. The van der Waals surface area contributed by atoms with Crippen LogP contribution in [0.1, 0.15) is 27.2 Å². The molecule has 102 valence electrons. The number of anilines is 2. The molecule has 0 saturated carbocycles. The number of H-pyrrole nitrogens is 1. The molecule has 3 atom stereocenters. The molecule has 0 bridgehead atoms. The number of aromatic nitrogens is 4. The van der Waals surface area contributed by atoms with E-state index in [4.69, 9.17) is 5.73 Å². The van der Waals surface area contributed by atoms with Crippen molar-refractivity contribution in [2.45, 2.75) is 33.2 Å². The molecule has 1 fully saturated rings. The van der Waals surface area contributed by atoms with Crippen LogP contribution in [0.3, 0.4) is 0 Å². The maximum Gasteiger partial charge on any atom is 0.224 e. The van der Waals surface area contributed by atoms with Gasteiger partial charge in [0.2, 0.25) is 5.95 Å². The second-order valence-electron chi connectivity index (χ2n) is 5.75. The number of piperidine rings is 1. The summed E-state index contributed by atoms with van der Waals surface area (Å²) in [6.07, 6.45) is 3.04. The Morgan fingerprint density at radius 3 is 2.89 bits per heavy atom. The van der Waals surface area contributed by atoms with E-state index in [-0.39, 0.29) is 0 Å². The maximum absolute atomic E-state index is 5.81. The number of nitrogens with one attached hydrogen (secondary N) is 1. The van der Waals surface area contributed by atoms with Gasteiger partial charge >= 0.3 is 0 Å². The topological polar surface area (TPSA) is 83.7 Å². The molecule has 3 unspecified atom stereocenters. The second-order valence-corrected chi connectivity index (χ2v) is 5.75. The van der Waals surface area contributed by atoms with Crippen molar-refractivity contribution in [3.05, 3.63) is 6.20 Å². The Kier molecular flexibility index (Phi) is 2.80. The number of hydrogen-bond donors (Lipinski definition) is 2. The minimum absolute atomic E-state index is 0.296. The molecule has 2 aromatic rings. The smallest absolute Gasteiger partial charge is 0.224 e. The van der Waals surface area contributed by atoms with Gasteiger partial charge in [0.1, 0.15) is 5.82 Å². The predicted molar refractivity (Wildman–Crippen MR) is 75.8 cm³/mol. The fraction of sp³-hybridized carbons (Fsp3) is 0.615. The average molecular weight is 260 g/mol. The normalized spacial score (nSPS) is 27.9. The van der Waals surface area contributed by atoms with Crippen LogP contribution >= 0.6 is 0 Å². The van der Waals surface area contributed by atoms with E-state index in [9.17, 15) is 0 Å². The predicted octanol–water partition coefficient (Wildman–Crippen LogP) is 1.81. The minimum Gasteiger partial charge on any atom is -0.368 e. The van der Waals surface area contributed by atoms with Crippen molar-refractivity contribution in [1.29, 1.82) is 0 Å². The fourth-order valence-electron chi connectivity index (χ4n) is 3.05. The van der Waals surface area contributed by atoms with Gasteiger partial charge in [0.05, 0.1) is 11.6 Å². The van der Waals surface area contributed by atoms with E-state index >= 15 is 0 Å². The third kappa shape index (κ3) is 2.01. The number of fused-ring (bicyclic) bond motifs is 1. The molecule has 19 heavy (non-hydrogen) atoms. The largest absolute Gasteiger partial charge is 0.368 e. The van der Waals surface area contributed by atoms with Crippen LogP contribution < -0.4 is 10.6 Å². The van der Waals surface area contributed by atoms with Crippen molar-refractivity contribution in [3.63, 3.8) is 0 Å². The summed E-state index contributed by atoms with van der Waals surface area (Å²) in [5.41, 5.74) is 6.52. The Bertz CT molecular complexity index is 592. The fourth-order valence-corrected chi connectivity index (χ4v) is 3.05. The van der Waals surface area contributed by atoms with E-state index in [0.29, 0.717) is 29.5 Å². The second kappa shape index (κ2) is 4.36. The van der Waals surface area contributed by atoms with Gasteiger partial charge in [-0.3, -0.25) is 5.10 Å². The Balaban J connectivity index is 2.09. The van der Waals surface area contributed by atoms with Crippen LogP contribution in [0.15, 0.2) is 6.20 Å². The van der Waals surface area contributed by atoms with Gasteiger partial charge in [0, 0.05) is 12.6 Å². The molecule has 1 saturated heterocycles. The zero-order chi connectivity index (χ0) is 13.6. The molecule has 3 rings (SSSR count). The molecule has 6 nitrogen and oxygen atoms in total. The van der Waals surface area contributed by atoms with Crippen molar-refractivity contribution in [1.82, 2.24) is 20.2 Å². The van der Waals surface area contributed by atoms with E-state index < -0.39 is 0 Å². The molecule has 0 aromatic carbocycles. The third-order valence-corrected chi connectivity index (χ3v) is 4.18. The summed E-state index contributed by atoms with van der Waals surface area (Å²) in [5, 5.41) is 7.87. The molecule has 0 radical (unpaired) electrons. The van der Waals surface area contributed by atoms with Crippen molar-refractivity contribution >= 4 is 22.8 Å². The van der Waals surface area contributed by atoms with E-state index in [1.807, 2.05) is 0 Å². The van der Waals surface area contributed by atoms with Crippen LogP contribution in [0.25, 0.3) is 11.0 Å². The molecular formula is C13H20N6. The van der Waals surface area contributed by atoms with Crippen molar-refractivity contribution in [2.75, 3.05) is 17.2 Å². The summed E-state index contributed by atoms with van der Waals surface area (Å²) < 4.78 is 0. The van der Waals surface area contributed by atoms with Crippen LogP contribution in [0.2, 0.25) is 0 Å². The Morgan fingerprint density at radius 1 is 1.32 bits per heavy atom. The first-order valence-electron chi connectivity index (χ1n) is 6.79. The van der Waals surface area contributed by atoms with E-state index in [0.717, 1.165) is 17.7 Å². The van der Waals surface area contributed by atoms with Crippen LogP contribution in [-0.2, 0) is 0 Å². The summed E-state index contributed by atoms with van der Waals surface area (Å²) in [6.45, 7) is 7.83. The highest BCUT2D eigenvalue weighted by Gasteiger charge is 2.31. The number of rotatable bonds is 1. The lowest BCUT2D eigenvalue weighted by Crippen LogP contribution is -2.46. The third-order valence-electron chi connectivity index (χ3n) is 4.18. The summed E-state index contributed by atoms with van der Waals surface area (Å²) in [6, 6.07) is 0.448. The number of aromatic amines is 1. The molecule has 0 spiro atoms. The van der Waals surface area contributed by atoms with Gasteiger partial charge < -0.3 is 10.6 Å². The SMILES string of the molecule is CC1CC(C)C(C)N(c2nc(N)nc3[nH]ncc23)C1. The van der Waals surface area contributed by atoms with Crippen LogP contribution in [0.4, 0.5) is 11.8 Å². The van der Waals surface area contributed by atoms with Crippen molar-refractivity contribution < 1.29 is 0 Å². The number of nitrogens with zero attached hydrogens (tertiary/aromatic N) is 4. The first-order valence-corrected chi connectivity index (χ1v) is 6.79. The van der Waals surface area contributed by atoms with Crippen LogP contribution in [0.5, 0.6) is 0 Å². The first-order chi connectivity index (χ1) is 9.06. The highest BCUT2D eigenvalue weighted by Crippen LogP contribution is 2.33. The number of nitrogens with two attached hydrogens (primary N) is 1. The average Bonchev–Trinajstić information content (AvgIpc) is 2.80. The van der Waals surface area contributed by atoms with E-state index in [2.05, 4.69) is 45.8 Å². The monoisotopic (exact) mass is 260 g/mol. The summed E-state index contributed by atoms with van der Waals surface area (Å²) in [5.74, 6) is 2.50. The Labute approximate surface area is 112 Å². The lowest BCUT2D eigenvalue weighted by atomic mass is 9.86.